The summed E-state index contributed by atoms with van der Waals surface area (Å²) in [6.07, 6.45) is 6.75. The van der Waals surface area contributed by atoms with Crippen LogP contribution in [0.3, 0.4) is 0 Å². The number of halogens is 2. The second kappa shape index (κ2) is 11.7. The summed E-state index contributed by atoms with van der Waals surface area (Å²) in [4.78, 5) is 4.29. The minimum absolute atomic E-state index is 0. The van der Waals surface area contributed by atoms with Crippen molar-refractivity contribution in [1.82, 2.24) is 10.6 Å². The summed E-state index contributed by atoms with van der Waals surface area (Å²) < 4.78 is 18.4. The Hall–Kier alpha value is -0.890. The van der Waals surface area contributed by atoms with Crippen LogP contribution in [0, 0.1) is 11.2 Å². The lowest BCUT2D eigenvalue weighted by molar-refractivity contribution is 0.0732. The highest BCUT2D eigenvalue weighted by atomic mass is 127. The largest absolute Gasteiger partial charge is 0.385 e. The van der Waals surface area contributed by atoms with E-state index in [-0.39, 0.29) is 29.8 Å². The van der Waals surface area contributed by atoms with Crippen LogP contribution >= 0.6 is 24.0 Å². The maximum Gasteiger partial charge on any atom is 0.190 e. The highest BCUT2D eigenvalue weighted by Crippen LogP contribution is 2.43. The molecule has 0 aromatic heterocycles. The van der Waals surface area contributed by atoms with E-state index in [9.17, 15) is 4.39 Å². The Labute approximate surface area is 168 Å². The van der Waals surface area contributed by atoms with Crippen LogP contribution in [0.4, 0.5) is 4.39 Å². The fraction of sp³-hybridized carbons (Fsp3) is 0.632. The number of hydrogen-bond donors (Lipinski definition) is 2. The number of ether oxygens (including phenoxy) is 1. The first-order valence-corrected chi connectivity index (χ1v) is 8.85. The molecule has 1 aliphatic carbocycles. The van der Waals surface area contributed by atoms with Crippen molar-refractivity contribution in [2.45, 2.75) is 38.5 Å². The van der Waals surface area contributed by atoms with Crippen LogP contribution < -0.4 is 10.6 Å². The van der Waals surface area contributed by atoms with Gasteiger partial charge in [-0.25, -0.2) is 4.39 Å². The third-order valence-corrected chi connectivity index (χ3v) is 4.93. The number of aliphatic imine (C=N–C) groups is 1. The van der Waals surface area contributed by atoms with Gasteiger partial charge in [-0.3, -0.25) is 4.99 Å². The number of aryl methyl sites for hydroxylation is 1. The van der Waals surface area contributed by atoms with Crippen molar-refractivity contribution < 1.29 is 9.13 Å². The van der Waals surface area contributed by atoms with Crippen molar-refractivity contribution in [1.29, 1.82) is 0 Å². The number of benzene rings is 1. The topological polar surface area (TPSA) is 45.7 Å². The lowest BCUT2D eigenvalue weighted by Gasteiger charge is -2.42. The van der Waals surface area contributed by atoms with Gasteiger partial charge in [0.1, 0.15) is 5.82 Å². The van der Waals surface area contributed by atoms with Crippen LogP contribution in [-0.4, -0.2) is 39.8 Å². The van der Waals surface area contributed by atoms with E-state index in [1.54, 1.807) is 26.3 Å². The molecule has 1 fully saturated rings. The van der Waals surface area contributed by atoms with E-state index < -0.39 is 0 Å². The van der Waals surface area contributed by atoms with Crippen molar-refractivity contribution in [2.24, 2.45) is 10.4 Å². The van der Waals surface area contributed by atoms with E-state index >= 15 is 0 Å². The van der Waals surface area contributed by atoms with Gasteiger partial charge >= 0.3 is 0 Å². The lowest BCUT2D eigenvalue weighted by Crippen LogP contribution is -2.47. The molecule has 0 bridgehead atoms. The Bertz CT molecular complexity index is 535. The van der Waals surface area contributed by atoms with Crippen LogP contribution in [0.25, 0.3) is 0 Å². The number of methoxy groups -OCH3 is 1. The molecule has 0 atom stereocenters. The van der Waals surface area contributed by atoms with E-state index in [1.165, 1.54) is 25.3 Å². The molecule has 0 radical (unpaired) electrons. The first kappa shape index (κ1) is 22.2. The average Bonchev–Trinajstić information content (AvgIpc) is 2.55. The van der Waals surface area contributed by atoms with Gasteiger partial charge in [0.2, 0.25) is 0 Å². The molecule has 0 spiro atoms. The molecule has 0 heterocycles. The second-order valence-corrected chi connectivity index (χ2v) is 6.68. The van der Waals surface area contributed by atoms with Crippen molar-refractivity contribution in [3.05, 3.63) is 35.6 Å². The van der Waals surface area contributed by atoms with Gasteiger partial charge in [0.15, 0.2) is 5.96 Å². The molecule has 1 aromatic carbocycles. The zero-order chi connectivity index (χ0) is 17.3. The van der Waals surface area contributed by atoms with Crippen LogP contribution in [0.2, 0.25) is 0 Å². The monoisotopic (exact) mass is 463 g/mol. The predicted molar refractivity (Wildman–Crippen MR) is 112 cm³/mol. The quantitative estimate of drug-likeness (QED) is 0.254. The Kier molecular flexibility index (Phi) is 10.3. The molecular weight excluding hydrogens is 432 g/mol. The van der Waals surface area contributed by atoms with Gasteiger partial charge in [-0.2, -0.15) is 0 Å². The molecule has 0 saturated heterocycles. The molecule has 1 saturated carbocycles. The molecule has 1 aromatic rings. The fourth-order valence-electron chi connectivity index (χ4n) is 3.19. The van der Waals surface area contributed by atoms with Crippen LogP contribution in [0.5, 0.6) is 0 Å². The first-order valence-electron chi connectivity index (χ1n) is 8.85. The minimum atomic E-state index is -0.167. The van der Waals surface area contributed by atoms with E-state index in [0.717, 1.165) is 50.5 Å². The van der Waals surface area contributed by atoms with Crippen LogP contribution in [0.15, 0.2) is 29.3 Å². The zero-order valence-electron chi connectivity index (χ0n) is 15.3. The molecule has 0 unspecified atom stereocenters. The maximum absolute atomic E-state index is 13.1. The number of guanidine groups is 1. The second-order valence-electron chi connectivity index (χ2n) is 6.68. The van der Waals surface area contributed by atoms with Crippen molar-refractivity contribution in [3.63, 3.8) is 0 Å². The van der Waals surface area contributed by atoms with Gasteiger partial charge in [0.05, 0.1) is 0 Å². The molecule has 0 aliphatic heterocycles. The van der Waals surface area contributed by atoms with Crippen molar-refractivity contribution >= 4 is 29.9 Å². The first-order chi connectivity index (χ1) is 11.7. The number of nitrogens with one attached hydrogen (secondary N) is 2. The Morgan fingerprint density at radius 2 is 2.12 bits per heavy atom. The molecular formula is C19H31FIN3O. The standard InChI is InChI=1S/C19H30FN3O.HI/c1-21-18(23-15-19(9-5-10-19)11-13-24-2)22-12-4-7-16-6-3-8-17(20)14-16;/h3,6,8,14H,4-5,7,9-13,15H2,1-2H3,(H2,21,22,23);1H. The van der Waals surface area contributed by atoms with Crippen LogP contribution in [-0.2, 0) is 11.2 Å². The highest BCUT2D eigenvalue weighted by molar-refractivity contribution is 14.0. The van der Waals surface area contributed by atoms with Gasteiger partial charge in [0, 0.05) is 33.9 Å². The smallest absolute Gasteiger partial charge is 0.190 e. The summed E-state index contributed by atoms with van der Waals surface area (Å²) in [5.41, 5.74) is 1.41. The highest BCUT2D eigenvalue weighted by Gasteiger charge is 2.36. The summed E-state index contributed by atoms with van der Waals surface area (Å²) in [6.45, 7) is 2.59. The lowest BCUT2D eigenvalue weighted by atomic mass is 9.67. The van der Waals surface area contributed by atoms with E-state index in [0.29, 0.717) is 5.41 Å². The van der Waals surface area contributed by atoms with Gasteiger partial charge in [-0.15, -0.1) is 24.0 Å². The summed E-state index contributed by atoms with van der Waals surface area (Å²) in [5.74, 6) is 0.678. The molecule has 2 rings (SSSR count). The Morgan fingerprint density at radius 1 is 1.32 bits per heavy atom. The number of rotatable bonds is 9. The van der Waals surface area contributed by atoms with Crippen molar-refractivity contribution in [3.8, 4) is 0 Å². The molecule has 0 amide bonds. The normalized spacial score (nSPS) is 15.9. The molecule has 1 aliphatic rings. The summed E-state index contributed by atoms with van der Waals surface area (Å²) in [6, 6.07) is 6.81. The third kappa shape index (κ3) is 7.48. The summed E-state index contributed by atoms with van der Waals surface area (Å²) in [5, 5.41) is 6.80. The minimum Gasteiger partial charge on any atom is -0.385 e. The SMILES string of the molecule is CN=C(NCCCc1cccc(F)c1)NCC1(CCOC)CCC1.I. The summed E-state index contributed by atoms with van der Waals surface area (Å²) in [7, 11) is 3.56. The van der Waals surface area contributed by atoms with Gasteiger partial charge in [0.25, 0.3) is 0 Å². The Balaban J connectivity index is 0.00000312. The van der Waals surface area contributed by atoms with Crippen molar-refractivity contribution in [2.75, 3.05) is 33.9 Å². The van der Waals surface area contributed by atoms with Gasteiger partial charge in [-0.1, -0.05) is 18.6 Å². The molecule has 4 nitrogen and oxygen atoms in total. The third-order valence-electron chi connectivity index (χ3n) is 4.93. The molecule has 6 heteroatoms. The molecule has 2 N–H and O–H groups in total. The molecule has 25 heavy (non-hydrogen) atoms. The van der Waals surface area contributed by atoms with E-state index in [1.807, 2.05) is 6.07 Å². The number of hydrogen-bond acceptors (Lipinski definition) is 2. The van der Waals surface area contributed by atoms with E-state index in [4.69, 9.17) is 4.74 Å². The van der Waals surface area contributed by atoms with Gasteiger partial charge in [-0.05, 0) is 55.2 Å². The van der Waals surface area contributed by atoms with E-state index in [2.05, 4.69) is 15.6 Å². The summed E-state index contributed by atoms with van der Waals surface area (Å²) >= 11 is 0. The number of nitrogens with zero attached hydrogens (tertiary/aromatic N) is 1. The Morgan fingerprint density at radius 3 is 2.72 bits per heavy atom. The molecule has 142 valence electrons. The average molecular weight is 463 g/mol. The fourth-order valence-corrected chi connectivity index (χ4v) is 3.19. The van der Waals surface area contributed by atoms with Crippen LogP contribution in [0.1, 0.15) is 37.7 Å². The zero-order valence-corrected chi connectivity index (χ0v) is 17.6. The van der Waals surface area contributed by atoms with Gasteiger partial charge < -0.3 is 15.4 Å². The maximum atomic E-state index is 13.1. The predicted octanol–water partition coefficient (Wildman–Crippen LogP) is 3.75.